The number of rotatable bonds is 2. The molecule has 0 unspecified atom stereocenters. The van der Waals surface area contributed by atoms with Crippen LogP contribution in [0.15, 0.2) is 42.5 Å². The van der Waals surface area contributed by atoms with Crippen LogP contribution < -0.4 is 10.1 Å². The van der Waals surface area contributed by atoms with Crippen molar-refractivity contribution in [2.24, 2.45) is 0 Å². The first-order chi connectivity index (χ1) is 11.9. The van der Waals surface area contributed by atoms with E-state index in [0.29, 0.717) is 5.02 Å². The summed E-state index contributed by atoms with van der Waals surface area (Å²) < 4.78 is 8.35. The van der Waals surface area contributed by atoms with E-state index in [1.54, 1.807) is 18.6 Å². The highest BCUT2D eigenvalue weighted by molar-refractivity contribution is 7.71. The number of benzene rings is 2. The highest BCUT2D eigenvalue weighted by Crippen LogP contribution is 2.48. The molecule has 0 saturated heterocycles. The van der Waals surface area contributed by atoms with Gasteiger partial charge in [-0.3, -0.25) is 3.96 Å². The second-order valence-electron chi connectivity index (χ2n) is 6.51. The maximum Gasteiger partial charge on any atom is 0.143 e. The summed E-state index contributed by atoms with van der Waals surface area (Å²) in [5, 5.41) is 4.27. The molecule has 1 aliphatic rings. The number of nitrogens with zero attached hydrogens (tertiary/aromatic N) is 1. The Balaban J connectivity index is 2.04. The second-order valence-corrected chi connectivity index (χ2v) is 8.29. The third-order valence-electron chi connectivity index (χ3n) is 4.38. The molecule has 2 aromatic carbocycles. The predicted molar refractivity (Wildman–Crippen MR) is 108 cm³/mol. The van der Waals surface area contributed by atoms with Crippen LogP contribution in [-0.2, 0) is 5.54 Å². The Morgan fingerprint density at radius 1 is 1.20 bits per heavy atom. The van der Waals surface area contributed by atoms with Gasteiger partial charge in [0.15, 0.2) is 0 Å². The Hall–Kier alpha value is -1.82. The van der Waals surface area contributed by atoms with Gasteiger partial charge in [-0.05, 0) is 38.1 Å². The van der Waals surface area contributed by atoms with Gasteiger partial charge < -0.3 is 10.1 Å². The molecule has 0 amide bonds. The van der Waals surface area contributed by atoms with E-state index in [1.807, 2.05) is 34.3 Å². The first kappa shape index (κ1) is 16.6. The van der Waals surface area contributed by atoms with Gasteiger partial charge in [-0.25, -0.2) is 0 Å². The lowest BCUT2D eigenvalue weighted by molar-refractivity contribution is 0.413. The standard InChI is InChI=1S/C19H17ClN2OS2/c1-19(2)17-16(12-6-4-5-7-13(12)21-19)18(24)22(25-17)14-10-11(20)8-9-15(14)23-3/h4-10,21H,1-3H3. The number of anilines is 1. The fourth-order valence-electron chi connectivity index (χ4n) is 3.23. The van der Waals surface area contributed by atoms with Gasteiger partial charge in [0.1, 0.15) is 16.1 Å². The van der Waals surface area contributed by atoms with Crippen LogP contribution in [0, 0.1) is 4.64 Å². The highest BCUT2D eigenvalue weighted by atomic mass is 35.5. The van der Waals surface area contributed by atoms with Crippen LogP contribution in [0.2, 0.25) is 5.02 Å². The minimum Gasteiger partial charge on any atom is -0.495 e. The summed E-state index contributed by atoms with van der Waals surface area (Å²) in [6.45, 7) is 4.35. The lowest BCUT2D eigenvalue weighted by atomic mass is 9.90. The quantitative estimate of drug-likeness (QED) is 0.525. The monoisotopic (exact) mass is 388 g/mol. The third-order valence-corrected chi connectivity index (χ3v) is 6.58. The summed E-state index contributed by atoms with van der Waals surface area (Å²) in [7, 11) is 1.66. The van der Waals surface area contributed by atoms with Crippen molar-refractivity contribution in [2.45, 2.75) is 19.4 Å². The number of hydrogen-bond acceptors (Lipinski definition) is 4. The SMILES string of the molecule is COc1ccc(Cl)cc1-n1sc2c(c1=S)-c1ccccc1NC2(C)C. The molecule has 1 aliphatic heterocycles. The molecule has 128 valence electrons. The Morgan fingerprint density at radius 2 is 1.96 bits per heavy atom. The van der Waals surface area contributed by atoms with Gasteiger partial charge >= 0.3 is 0 Å². The average molecular weight is 389 g/mol. The maximum absolute atomic E-state index is 6.23. The zero-order chi connectivity index (χ0) is 17.8. The van der Waals surface area contributed by atoms with Gasteiger partial charge in [0.25, 0.3) is 0 Å². The molecule has 0 atom stereocenters. The number of methoxy groups -OCH3 is 1. The van der Waals surface area contributed by atoms with Crippen molar-refractivity contribution >= 4 is 41.0 Å². The average Bonchev–Trinajstić information content (AvgIpc) is 2.93. The lowest BCUT2D eigenvalue weighted by Gasteiger charge is -2.33. The summed E-state index contributed by atoms with van der Waals surface area (Å²) >= 11 is 13.7. The summed E-state index contributed by atoms with van der Waals surface area (Å²) in [4.78, 5) is 1.21. The molecule has 0 saturated carbocycles. The molecule has 3 aromatic rings. The van der Waals surface area contributed by atoms with Gasteiger partial charge in [0.2, 0.25) is 0 Å². The molecule has 6 heteroatoms. The molecule has 0 spiro atoms. The van der Waals surface area contributed by atoms with E-state index in [-0.39, 0.29) is 5.54 Å². The molecule has 4 rings (SSSR count). The molecule has 1 aromatic heterocycles. The predicted octanol–water partition coefficient (Wildman–Crippen LogP) is 6.26. The van der Waals surface area contributed by atoms with Crippen LogP contribution in [0.1, 0.15) is 18.7 Å². The number of para-hydroxylation sites is 1. The van der Waals surface area contributed by atoms with Gasteiger partial charge in [0, 0.05) is 21.8 Å². The Morgan fingerprint density at radius 3 is 2.72 bits per heavy atom. The van der Waals surface area contributed by atoms with Crippen molar-refractivity contribution in [1.82, 2.24) is 3.96 Å². The van der Waals surface area contributed by atoms with Gasteiger partial charge in [0.05, 0.1) is 17.5 Å². The lowest BCUT2D eigenvalue weighted by Crippen LogP contribution is -2.30. The van der Waals surface area contributed by atoms with E-state index in [1.165, 1.54) is 4.88 Å². The molecule has 0 radical (unpaired) electrons. The fraction of sp³-hybridized carbons (Fsp3) is 0.211. The Labute approximate surface area is 161 Å². The minimum absolute atomic E-state index is 0.209. The number of ether oxygens (including phenoxy) is 1. The number of halogens is 1. The summed E-state index contributed by atoms with van der Waals surface area (Å²) in [6.07, 6.45) is 0. The molecule has 25 heavy (non-hydrogen) atoms. The highest BCUT2D eigenvalue weighted by Gasteiger charge is 2.34. The van der Waals surface area contributed by atoms with E-state index < -0.39 is 0 Å². The normalized spacial score (nSPS) is 14.4. The molecule has 3 nitrogen and oxygen atoms in total. The largest absolute Gasteiger partial charge is 0.495 e. The first-order valence-electron chi connectivity index (χ1n) is 7.90. The van der Waals surface area contributed by atoms with E-state index >= 15 is 0 Å². The van der Waals surface area contributed by atoms with Gasteiger partial charge in [-0.15, -0.1) is 0 Å². The van der Waals surface area contributed by atoms with Crippen LogP contribution in [0.3, 0.4) is 0 Å². The van der Waals surface area contributed by atoms with Crippen LogP contribution in [0.25, 0.3) is 16.8 Å². The summed E-state index contributed by atoms with van der Waals surface area (Å²) in [5.74, 6) is 0.748. The van der Waals surface area contributed by atoms with Gasteiger partial charge in [-0.2, -0.15) is 0 Å². The van der Waals surface area contributed by atoms with Crippen molar-refractivity contribution in [1.29, 1.82) is 0 Å². The first-order valence-corrected chi connectivity index (χ1v) is 9.46. The van der Waals surface area contributed by atoms with E-state index in [0.717, 1.165) is 32.9 Å². The van der Waals surface area contributed by atoms with Crippen LogP contribution in [0.5, 0.6) is 5.75 Å². The van der Waals surface area contributed by atoms with Crippen molar-refractivity contribution in [3.63, 3.8) is 0 Å². The Kier molecular flexibility index (Phi) is 3.90. The van der Waals surface area contributed by atoms with E-state index in [4.69, 9.17) is 28.6 Å². The smallest absolute Gasteiger partial charge is 0.143 e. The molecule has 1 N–H and O–H groups in total. The number of hydrogen-bond donors (Lipinski definition) is 1. The third kappa shape index (κ3) is 2.58. The number of nitrogens with one attached hydrogen (secondary N) is 1. The topological polar surface area (TPSA) is 26.2 Å². The van der Waals surface area contributed by atoms with E-state index in [9.17, 15) is 0 Å². The fourth-order valence-corrected chi connectivity index (χ4v) is 5.05. The zero-order valence-corrected chi connectivity index (χ0v) is 16.5. The van der Waals surface area contributed by atoms with Crippen molar-refractivity contribution < 1.29 is 4.74 Å². The van der Waals surface area contributed by atoms with E-state index in [2.05, 4.69) is 31.3 Å². The molecular formula is C19H17ClN2OS2. The summed E-state index contributed by atoms with van der Waals surface area (Å²) in [6, 6.07) is 13.9. The number of aromatic nitrogens is 1. The van der Waals surface area contributed by atoms with Crippen molar-refractivity contribution in [2.75, 3.05) is 12.4 Å². The molecular weight excluding hydrogens is 372 g/mol. The van der Waals surface area contributed by atoms with Crippen LogP contribution in [-0.4, -0.2) is 11.1 Å². The maximum atomic E-state index is 6.23. The zero-order valence-electron chi connectivity index (χ0n) is 14.1. The molecule has 0 bridgehead atoms. The molecule has 0 fully saturated rings. The molecule has 2 heterocycles. The summed E-state index contributed by atoms with van der Waals surface area (Å²) in [5.41, 5.74) is 4.01. The minimum atomic E-state index is -0.209. The van der Waals surface area contributed by atoms with Crippen molar-refractivity contribution in [3.8, 4) is 22.6 Å². The molecule has 0 aliphatic carbocycles. The van der Waals surface area contributed by atoms with Crippen LogP contribution >= 0.6 is 35.4 Å². The second kappa shape index (κ2) is 5.87. The van der Waals surface area contributed by atoms with Crippen LogP contribution in [0.4, 0.5) is 5.69 Å². The Bertz CT molecular complexity index is 1040. The van der Waals surface area contributed by atoms with Gasteiger partial charge in [-0.1, -0.05) is 53.6 Å². The number of fused-ring (bicyclic) bond motifs is 3. The van der Waals surface area contributed by atoms with Crippen molar-refractivity contribution in [3.05, 3.63) is 57.0 Å².